The summed E-state index contributed by atoms with van der Waals surface area (Å²) in [6.45, 7) is 1.37. The van der Waals surface area contributed by atoms with E-state index in [0.717, 1.165) is 35.7 Å². The molecule has 0 radical (unpaired) electrons. The van der Waals surface area contributed by atoms with Crippen LogP contribution in [-0.4, -0.2) is 29.7 Å². The second-order valence-corrected chi connectivity index (χ2v) is 6.15. The van der Waals surface area contributed by atoms with Gasteiger partial charge in [0, 0.05) is 11.0 Å². The summed E-state index contributed by atoms with van der Waals surface area (Å²) >= 11 is 3.47. The molecular formula is C15H18BrNO2. The van der Waals surface area contributed by atoms with Gasteiger partial charge in [0.2, 0.25) is 0 Å². The number of rotatable bonds is 1. The number of amides is 1. The van der Waals surface area contributed by atoms with Gasteiger partial charge in [0.15, 0.2) is 0 Å². The van der Waals surface area contributed by atoms with Crippen molar-refractivity contribution in [3.05, 3.63) is 34.3 Å². The van der Waals surface area contributed by atoms with Crippen LogP contribution in [0.15, 0.2) is 28.7 Å². The number of nitrogens with zero attached hydrogens (tertiary/aromatic N) is 1. The Morgan fingerprint density at radius 3 is 2.68 bits per heavy atom. The van der Waals surface area contributed by atoms with Gasteiger partial charge in [-0.15, -0.1) is 0 Å². The summed E-state index contributed by atoms with van der Waals surface area (Å²) in [7, 11) is 0. The SMILES string of the molecule is O=C(c1ccccc1Br)N1CCOC12CCCCC2. The molecule has 1 heterocycles. The molecule has 0 atom stereocenters. The minimum Gasteiger partial charge on any atom is -0.354 e. The molecule has 1 aromatic carbocycles. The van der Waals surface area contributed by atoms with Gasteiger partial charge in [-0.05, 0) is 53.7 Å². The van der Waals surface area contributed by atoms with Gasteiger partial charge in [0.05, 0.1) is 12.2 Å². The molecule has 19 heavy (non-hydrogen) atoms. The van der Waals surface area contributed by atoms with Crippen molar-refractivity contribution in [2.45, 2.75) is 37.8 Å². The van der Waals surface area contributed by atoms with E-state index in [1.165, 1.54) is 6.42 Å². The summed E-state index contributed by atoms with van der Waals surface area (Å²) in [6.07, 6.45) is 5.51. The van der Waals surface area contributed by atoms with Crippen LogP contribution >= 0.6 is 15.9 Å². The lowest BCUT2D eigenvalue weighted by Crippen LogP contribution is -2.49. The minimum absolute atomic E-state index is 0.0897. The summed E-state index contributed by atoms with van der Waals surface area (Å²) in [6, 6.07) is 7.62. The molecule has 1 saturated carbocycles. The fourth-order valence-electron chi connectivity index (χ4n) is 3.19. The van der Waals surface area contributed by atoms with Gasteiger partial charge < -0.3 is 9.64 Å². The summed E-state index contributed by atoms with van der Waals surface area (Å²) in [5.74, 6) is 0.0897. The monoisotopic (exact) mass is 323 g/mol. The van der Waals surface area contributed by atoms with E-state index in [-0.39, 0.29) is 11.6 Å². The normalized spacial score (nSPS) is 21.8. The highest BCUT2D eigenvalue weighted by molar-refractivity contribution is 9.10. The molecule has 1 aliphatic carbocycles. The standard InChI is InChI=1S/C15H18BrNO2/c16-13-7-3-2-6-12(13)14(18)17-10-11-19-15(17)8-4-1-5-9-15/h2-3,6-7H,1,4-5,8-11H2. The summed E-state index contributed by atoms with van der Waals surface area (Å²) in [5.41, 5.74) is 0.405. The Hall–Kier alpha value is -0.870. The van der Waals surface area contributed by atoms with Crippen LogP contribution in [0, 0.1) is 0 Å². The van der Waals surface area contributed by atoms with Crippen LogP contribution in [0.4, 0.5) is 0 Å². The number of ether oxygens (including phenoxy) is 1. The average molecular weight is 324 g/mol. The van der Waals surface area contributed by atoms with Gasteiger partial charge in [0.1, 0.15) is 5.72 Å². The largest absolute Gasteiger partial charge is 0.354 e. The first kappa shape index (κ1) is 13.1. The van der Waals surface area contributed by atoms with Crippen LogP contribution < -0.4 is 0 Å². The molecule has 2 aliphatic rings. The molecule has 3 rings (SSSR count). The molecule has 1 amide bonds. The molecule has 1 spiro atoms. The Labute approximate surface area is 122 Å². The number of hydrogen-bond acceptors (Lipinski definition) is 2. The second-order valence-electron chi connectivity index (χ2n) is 5.29. The molecule has 102 valence electrons. The summed E-state index contributed by atoms with van der Waals surface area (Å²) in [4.78, 5) is 14.7. The lowest BCUT2D eigenvalue weighted by atomic mass is 9.90. The molecule has 0 aromatic heterocycles. The van der Waals surface area contributed by atoms with Crippen LogP contribution in [0.2, 0.25) is 0 Å². The van der Waals surface area contributed by atoms with Crippen molar-refractivity contribution < 1.29 is 9.53 Å². The molecule has 4 heteroatoms. The summed E-state index contributed by atoms with van der Waals surface area (Å²) in [5, 5.41) is 0. The first-order valence-corrected chi connectivity index (χ1v) is 7.73. The first-order chi connectivity index (χ1) is 9.23. The average Bonchev–Trinajstić information content (AvgIpc) is 2.82. The van der Waals surface area contributed by atoms with Gasteiger partial charge in [0.25, 0.3) is 5.91 Å². The molecule has 1 saturated heterocycles. The van der Waals surface area contributed by atoms with Crippen molar-refractivity contribution in [2.24, 2.45) is 0 Å². The van der Waals surface area contributed by atoms with Crippen molar-refractivity contribution >= 4 is 21.8 Å². The van der Waals surface area contributed by atoms with Gasteiger partial charge in [-0.3, -0.25) is 4.79 Å². The van der Waals surface area contributed by atoms with Crippen LogP contribution in [0.3, 0.4) is 0 Å². The maximum atomic E-state index is 12.8. The zero-order valence-electron chi connectivity index (χ0n) is 10.9. The van der Waals surface area contributed by atoms with E-state index < -0.39 is 0 Å². The quantitative estimate of drug-likeness (QED) is 0.790. The van der Waals surface area contributed by atoms with Gasteiger partial charge >= 0.3 is 0 Å². The van der Waals surface area contributed by atoms with Crippen molar-refractivity contribution in [3.8, 4) is 0 Å². The highest BCUT2D eigenvalue weighted by atomic mass is 79.9. The fourth-order valence-corrected chi connectivity index (χ4v) is 3.65. The van der Waals surface area contributed by atoms with Gasteiger partial charge in [-0.1, -0.05) is 18.6 Å². The number of hydrogen-bond donors (Lipinski definition) is 0. The van der Waals surface area contributed by atoms with Crippen molar-refractivity contribution in [3.63, 3.8) is 0 Å². The lowest BCUT2D eigenvalue weighted by molar-refractivity contribution is -0.0919. The zero-order chi connectivity index (χ0) is 13.3. The van der Waals surface area contributed by atoms with E-state index in [2.05, 4.69) is 15.9 Å². The molecule has 1 aromatic rings. The van der Waals surface area contributed by atoms with E-state index in [1.54, 1.807) is 0 Å². The van der Waals surface area contributed by atoms with Crippen LogP contribution in [0.5, 0.6) is 0 Å². The molecule has 1 aliphatic heterocycles. The first-order valence-electron chi connectivity index (χ1n) is 6.93. The highest BCUT2D eigenvalue weighted by Crippen LogP contribution is 2.39. The van der Waals surface area contributed by atoms with E-state index in [9.17, 15) is 4.79 Å². The maximum Gasteiger partial charge on any atom is 0.257 e. The Balaban J connectivity index is 1.88. The summed E-state index contributed by atoms with van der Waals surface area (Å²) < 4.78 is 6.83. The van der Waals surface area contributed by atoms with Crippen molar-refractivity contribution in [2.75, 3.05) is 13.2 Å². The smallest absolute Gasteiger partial charge is 0.257 e. The number of carbonyl (C=O) groups is 1. The maximum absolute atomic E-state index is 12.8. The van der Waals surface area contributed by atoms with E-state index >= 15 is 0 Å². The van der Waals surface area contributed by atoms with Gasteiger partial charge in [-0.2, -0.15) is 0 Å². The number of halogens is 1. The highest BCUT2D eigenvalue weighted by Gasteiger charge is 2.45. The van der Waals surface area contributed by atoms with E-state index in [4.69, 9.17) is 4.74 Å². The third-order valence-electron chi connectivity index (χ3n) is 4.16. The van der Waals surface area contributed by atoms with Crippen molar-refractivity contribution in [1.29, 1.82) is 0 Å². The van der Waals surface area contributed by atoms with Crippen LogP contribution in [0.25, 0.3) is 0 Å². The Kier molecular flexibility index (Phi) is 3.63. The van der Waals surface area contributed by atoms with Gasteiger partial charge in [-0.25, -0.2) is 0 Å². The minimum atomic E-state index is -0.329. The molecule has 0 bridgehead atoms. The van der Waals surface area contributed by atoms with E-state index in [1.807, 2.05) is 29.2 Å². The second kappa shape index (κ2) is 5.25. The number of carbonyl (C=O) groups excluding carboxylic acids is 1. The molecule has 0 unspecified atom stereocenters. The third kappa shape index (κ3) is 2.32. The fraction of sp³-hybridized carbons (Fsp3) is 0.533. The predicted molar refractivity (Wildman–Crippen MR) is 76.9 cm³/mol. The third-order valence-corrected chi connectivity index (χ3v) is 4.85. The lowest BCUT2D eigenvalue weighted by Gasteiger charge is -2.40. The van der Waals surface area contributed by atoms with Crippen LogP contribution in [-0.2, 0) is 4.74 Å². The Morgan fingerprint density at radius 1 is 1.21 bits per heavy atom. The van der Waals surface area contributed by atoms with Crippen LogP contribution in [0.1, 0.15) is 42.5 Å². The Morgan fingerprint density at radius 2 is 1.95 bits per heavy atom. The van der Waals surface area contributed by atoms with Crippen molar-refractivity contribution in [1.82, 2.24) is 4.90 Å². The molecule has 2 fully saturated rings. The zero-order valence-corrected chi connectivity index (χ0v) is 12.5. The Bertz CT molecular complexity index is 483. The van der Waals surface area contributed by atoms with E-state index in [0.29, 0.717) is 13.2 Å². The predicted octanol–water partition coefficient (Wildman–Crippen LogP) is 3.58. The molecular weight excluding hydrogens is 306 g/mol. The molecule has 3 nitrogen and oxygen atoms in total. The molecule has 0 N–H and O–H groups in total. The topological polar surface area (TPSA) is 29.5 Å². The number of benzene rings is 1.